The normalized spacial score (nSPS) is 15.5. The van der Waals surface area contributed by atoms with Crippen molar-refractivity contribution in [3.63, 3.8) is 0 Å². The smallest absolute Gasteiger partial charge is 0.270 e. The molecule has 3 N–H and O–H groups in total. The summed E-state index contributed by atoms with van der Waals surface area (Å²) < 4.78 is 0. The summed E-state index contributed by atoms with van der Waals surface area (Å²) in [6.07, 6.45) is 4.15. The highest BCUT2D eigenvalue weighted by Crippen LogP contribution is 2.29. The molecule has 0 spiro atoms. The second kappa shape index (κ2) is 3.36. The molecule has 0 radical (unpaired) electrons. The number of H-pyrrole nitrogens is 1. The Labute approximate surface area is 83.1 Å². The van der Waals surface area contributed by atoms with Crippen molar-refractivity contribution in [1.82, 2.24) is 9.88 Å². The third-order valence-corrected chi connectivity index (χ3v) is 2.51. The number of amides is 1. The molecule has 1 aromatic heterocycles. The molecule has 1 saturated carbocycles. The topological polar surface area (TPSA) is 62.1 Å². The Balaban J connectivity index is 1.99. The van der Waals surface area contributed by atoms with Crippen molar-refractivity contribution in [2.45, 2.75) is 12.8 Å². The number of nitrogen functional groups attached to an aromatic ring is 1. The van der Waals surface area contributed by atoms with E-state index in [1.165, 1.54) is 12.8 Å². The second-order valence-corrected chi connectivity index (χ2v) is 3.98. The standard InChI is InChI=1S/C10H15N3O/c1-13(6-7-2-3-7)10(14)9-4-8(11)5-12-9/h4-5,7,12H,2-3,6,11H2,1H3. The summed E-state index contributed by atoms with van der Waals surface area (Å²) in [5.41, 5.74) is 6.71. The Morgan fingerprint density at radius 3 is 2.93 bits per heavy atom. The van der Waals surface area contributed by atoms with E-state index < -0.39 is 0 Å². The van der Waals surface area contributed by atoms with E-state index >= 15 is 0 Å². The minimum absolute atomic E-state index is 0.0219. The van der Waals surface area contributed by atoms with Gasteiger partial charge in [0.1, 0.15) is 5.69 Å². The lowest BCUT2D eigenvalue weighted by atomic mass is 10.3. The van der Waals surface area contributed by atoms with Crippen LogP contribution in [0.25, 0.3) is 0 Å². The third-order valence-electron chi connectivity index (χ3n) is 2.51. The van der Waals surface area contributed by atoms with Crippen LogP contribution in [0.1, 0.15) is 23.3 Å². The van der Waals surface area contributed by atoms with Crippen molar-refractivity contribution < 1.29 is 4.79 Å². The number of hydrogen-bond donors (Lipinski definition) is 2. The summed E-state index contributed by atoms with van der Waals surface area (Å²) in [6.45, 7) is 0.859. The Kier molecular flexibility index (Phi) is 2.19. The van der Waals surface area contributed by atoms with Crippen molar-refractivity contribution in [1.29, 1.82) is 0 Å². The molecule has 1 heterocycles. The van der Waals surface area contributed by atoms with Gasteiger partial charge in [0.25, 0.3) is 5.91 Å². The number of carbonyl (C=O) groups excluding carboxylic acids is 1. The Bertz CT molecular complexity index is 341. The Hall–Kier alpha value is -1.45. The van der Waals surface area contributed by atoms with Crippen molar-refractivity contribution in [2.24, 2.45) is 5.92 Å². The van der Waals surface area contributed by atoms with E-state index in [-0.39, 0.29) is 5.91 Å². The number of aromatic nitrogens is 1. The first-order valence-electron chi connectivity index (χ1n) is 4.86. The molecular formula is C10H15N3O. The summed E-state index contributed by atoms with van der Waals surface area (Å²) in [5, 5.41) is 0. The van der Waals surface area contributed by atoms with Crippen molar-refractivity contribution >= 4 is 11.6 Å². The SMILES string of the molecule is CN(CC1CC1)C(=O)c1cc(N)c[nH]1. The van der Waals surface area contributed by atoms with Gasteiger partial charge in [0, 0.05) is 25.5 Å². The number of nitrogens with one attached hydrogen (secondary N) is 1. The number of anilines is 1. The van der Waals surface area contributed by atoms with Gasteiger partial charge >= 0.3 is 0 Å². The van der Waals surface area contributed by atoms with Gasteiger partial charge in [0.05, 0.1) is 0 Å². The van der Waals surface area contributed by atoms with Gasteiger partial charge in [-0.05, 0) is 24.8 Å². The third kappa shape index (κ3) is 1.89. The monoisotopic (exact) mass is 193 g/mol. The molecule has 1 aliphatic rings. The van der Waals surface area contributed by atoms with Crippen molar-refractivity contribution in [3.8, 4) is 0 Å². The fourth-order valence-corrected chi connectivity index (χ4v) is 1.51. The van der Waals surface area contributed by atoms with Gasteiger partial charge in [-0.15, -0.1) is 0 Å². The van der Waals surface area contributed by atoms with Crippen LogP contribution < -0.4 is 5.73 Å². The molecule has 14 heavy (non-hydrogen) atoms. The number of rotatable bonds is 3. The summed E-state index contributed by atoms with van der Waals surface area (Å²) >= 11 is 0. The highest BCUT2D eigenvalue weighted by atomic mass is 16.2. The van der Waals surface area contributed by atoms with Gasteiger partial charge < -0.3 is 15.6 Å². The molecule has 4 nitrogen and oxygen atoms in total. The zero-order valence-corrected chi connectivity index (χ0v) is 8.29. The quantitative estimate of drug-likeness (QED) is 0.754. The fourth-order valence-electron chi connectivity index (χ4n) is 1.51. The molecular weight excluding hydrogens is 178 g/mol. The lowest BCUT2D eigenvalue weighted by molar-refractivity contribution is 0.0783. The molecule has 1 aromatic rings. The number of nitrogens with zero attached hydrogens (tertiary/aromatic N) is 1. The van der Waals surface area contributed by atoms with Crippen LogP contribution in [0.5, 0.6) is 0 Å². The van der Waals surface area contributed by atoms with Crippen LogP contribution in [-0.2, 0) is 0 Å². The lowest BCUT2D eigenvalue weighted by Crippen LogP contribution is -2.28. The average Bonchev–Trinajstić information content (AvgIpc) is 2.85. The first kappa shape index (κ1) is 9.12. The van der Waals surface area contributed by atoms with E-state index in [1.807, 2.05) is 7.05 Å². The van der Waals surface area contributed by atoms with Crippen LogP contribution in [0, 0.1) is 5.92 Å². The summed E-state index contributed by atoms with van der Waals surface area (Å²) in [7, 11) is 1.83. The summed E-state index contributed by atoms with van der Waals surface area (Å²) in [6, 6.07) is 1.67. The molecule has 0 aliphatic heterocycles. The fraction of sp³-hybridized carbons (Fsp3) is 0.500. The van der Waals surface area contributed by atoms with E-state index in [0.717, 1.165) is 12.5 Å². The van der Waals surface area contributed by atoms with E-state index in [1.54, 1.807) is 17.2 Å². The van der Waals surface area contributed by atoms with Crippen LogP contribution in [0.4, 0.5) is 5.69 Å². The van der Waals surface area contributed by atoms with Crippen molar-refractivity contribution in [3.05, 3.63) is 18.0 Å². The van der Waals surface area contributed by atoms with Gasteiger partial charge in [-0.2, -0.15) is 0 Å². The molecule has 2 rings (SSSR count). The molecule has 0 atom stereocenters. The minimum Gasteiger partial charge on any atom is -0.397 e. The van der Waals surface area contributed by atoms with Crippen LogP contribution in [0.2, 0.25) is 0 Å². The maximum Gasteiger partial charge on any atom is 0.270 e. The molecule has 0 aromatic carbocycles. The van der Waals surface area contributed by atoms with E-state index in [4.69, 9.17) is 5.73 Å². The maximum atomic E-state index is 11.8. The maximum absolute atomic E-state index is 11.8. The van der Waals surface area contributed by atoms with Gasteiger partial charge in [0.15, 0.2) is 0 Å². The summed E-state index contributed by atoms with van der Waals surface area (Å²) in [4.78, 5) is 16.4. The number of aromatic amines is 1. The van der Waals surface area contributed by atoms with Gasteiger partial charge in [0.2, 0.25) is 0 Å². The number of carbonyl (C=O) groups is 1. The van der Waals surface area contributed by atoms with E-state index in [9.17, 15) is 4.79 Å². The highest BCUT2D eigenvalue weighted by Gasteiger charge is 2.25. The van der Waals surface area contributed by atoms with Gasteiger partial charge in [-0.3, -0.25) is 4.79 Å². The van der Waals surface area contributed by atoms with Gasteiger partial charge in [-0.1, -0.05) is 0 Å². The van der Waals surface area contributed by atoms with Crippen LogP contribution >= 0.6 is 0 Å². The molecule has 0 bridgehead atoms. The lowest BCUT2D eigenvalue weighted by Gasteiger charge is -2.15. The first-order valence-corrected chi connectivity index (χ1v) is 4.86. The zero-order valence-electron chi connectivity index (χ0n) is 8.29. The van der Waals surface area contributed by atoms with Crippen LogP contribution in [0.3, 0.4) is 0 Å². The number of hydrogen-bond acceptors (Lipinski definition) is 2. The molecule has 1 aliphatic carbocycles. The molecule has 1 amide bonds. The summed E-state index contributed by atoms with van der Waals surface area (Å²) in [5.74, 6) is 0.741. The number of nitrogens with two attached hydrogens (primary N) is 1. The Morgan fingerprint density at radius 1 is 1.71 bits per heavy atom. The Morgan fingerprint density at radius 2 is 2.43 bits per heavy atom. The molecule has 1 fully saturated rings. The van der Waals surface area contributed by atoms with Crippen LogP contribution in [0.15, 0.2) is 12.3 Å². The van der Waals surface area contributed by atoms with E-state index in [2.05, 4.69) is 4.98 Å². The van der Waals surface area contributed by atoms with E-state index in [0.29, 0.717) is 11.4 Å². The second-order valence-electron chi connectivity index (χ2n) is 3.98. The predicted octanol–water partition coefficient (Wildman–Crippen LogP) is 1.08. The first-order chi connectivity index (χ1) is 6.66. The van der Waals surface area contributed by atoms with Crippen LogP contribution in [-0.4, -0.2) is 29.4 Å². The molecule has 76 valence electrons. The molecule has 4 heteroatoms. The average molecular weight is 193 g/mol. The predicted molar refractivity (Wildman–Crippen MR) is 54.9 cm³/mol. The molecule has 0 saturated heterocycles. The zero-order chi connectivity index (χ0) is 10.1. The van der Waals surface area contributed by atoms with Crippen molar-refractivity contribution in [2.75, 3.05) is 19.3 Å². The highest BCUT2D eigenvalue weighted by molar-refractivity contribution is 5.93. The largest absolute Gasteiger partial charge is 0.397 e. The molecule has 0 unspecified atom stereocenters. The van der Waals surface area contributed by atoms with Gasteiger partial charge in [-0.25, -0.2) is 0 Å². The minimum atomic E-state index is 0.0219.